The number of hydrogen-bond donors (Lipinski definition) is 8. The van der Waals surface area contributed by atoms with Crippen molar-refractivity contribution in [1.29, 1.82) is 0 Å². The molecule has 10 heterocycles. The van der Waals surface area contributed by atoms with E-state index in [-0.39, 0.29) is 51.8 Å². The van der Waals surface area contributed by atoms with Gasteiger partial charge in [-0.1, -0.05) is 55.8 Å². The van der Waals surface area contributed by atoms with E-state index in [1.54, 1.807) is 70.4 Å². The fourth-order valence-electron chi connectivity index (χ4n) is 12.6. The number of fused-ring (bicyclic) bond motifs is 16. The van der Waals surface area contributed by atoms with Gasteiger partial charge in [-0.25, -0.2) is 34.9 Å². The summed E-state index contributed by atoms with van der Waals surface area (Å²) in [7, 11) is 0. The SMILES string of the molecule is Cc1sc2nc1C(=O)N[C@@H]([C@H](O)c1ccccc1)c1nc(cs1)C(=O)N[C@@H](Cc1ccc(OCCN3CCCCC3)cc1)C(=O)N1C[C@H](O)[C@H](C)[C@H]1c1nc(cs1)-c1nc(cs1)-c1nc(-c3nc(C(=O)N[C@H]4CC[C@H](C(=O)O)CC4)cs3)ccc1-c1nc(cs1)C(=O)N[C@H]2CC(N)=O. The molecule has 13 rings (SSSR count). The number of carbonyl (C=O) groups excluding carboxylic acids is 6. The quantitative estimate of drug-likeness (QED) is 0.0504. The Morgan fingerprint density at radius 2 is 1.35 bits per heavy atom. The summed E-state index contributed by atoms with van der Waals surface area (Å²) in [6.07, 6.45) is 2.76. The number of hydrogen-bond acceptors (Lipinski definition) is 24. The number of nitrogens with one attached hydrogen (secondary N) is 4. The molecule has 0 unspecified atom stereocenters. The van der Waals surface area contributed by atoms with Crippen LogP contribution in [-0.2, 0) is 20.8 Å². The number of primary amides is 1. The summed E-state index contributed by atoms with van der Waals surface area (Å²) in [5.74, 6) is -4.95. The van der Waals surface area contributed by atoms with Crippen LogP contribution in [0.25, 0.3) is 43.4 Å². The average molecular weight is 1440 g/mol. The Balaban J connectivity index is 0.863. The Bertz CT molecular complexity index is 4420. The van der Waals surface area contributed by atoms with E-state index in [1.807, 2.05) is 36.6 Å². The first-order valence-electron chi connectivity index (χ1n) is 32.0. The zero-order chi connectivity index (χ0) is 68.3. The smallest absolute Gasteiger partial charge is 0.306 e. The highest BCUT2D eigenvalue weighted by Gasteiger charge is 2.46. The molecule has 10 bridgehead atoms. The maximum atomic E-state index is 15.5. The molecule has 7 atom stereocenters. The van der Waals surface area contributed by atoms with E-state index in [4.69, 9.17) is 40.4 Å². The predicted octanol–water partition coefficient (Wildman–Crippen LogP) is 8.82. The average Bonchev–Trinajstić information content (AvgIpc) is 1.61. The molecule has 31 heteroatoms. The molecule has 2 saturated heterocycles. The third kappa shape index (κ3) is 15.1. The van der Waals surface area contributed by atoms with Gasteiger partial charge in [0.25, 0.3) is 23.6 Å². The molecule has 7 aromatic heterocycles. The maximum Gasteiger partial charge on any atom is 0.306 e. The minimum Gasteiger partial charge on any atom is -0.492 e. The highest BCUT2D eigenvalue weighted by Crippen LogP contribution is 2.43. The second-order valence-electron chi connectivity index (χ2n) is 24.7. The monoisotopic (exact) mass is 1440 g/mol. The van der Waals surface area contributed by atoms with Crippen molar-refractivity contribution in [2.45, 2.75) is 114 Å². The lowest BCUT2D eigenvalue weighted by atomic mass is 9.86. The van der Waals surface area contributed by atoms with Gasteiger partial charge in [0.05, 0.1) is 36.2 Å². The summed E-state index contributed by atoms with van der Waals surface area (Å²) >= 11 is 6.99. The molecule has 3 aliphatic heterocycles. The maximum absolute atomic E-state index is 15.5. The number of carboxylic acids is 1. The molecule has 9 N–H and O–H groups in total. The lowest BCUT2D eigenvalue weighted by molar-refractivity contribution is -0.143. The molecule has 508 valence electrons. The largest absolute Gasteiger partial charge is 0.492 e. The zero-order valence-electron chi connectivity index (χ0n) is 53.0. The Morgan fingerprint density at radius 1 is 0.684 bits per heavy atom. The summed E-state index contributed by atoms with van der Waals surface area (Å²) in [5.41, 5.74) is 8.98. The van der Waals surface area contributed by atoms with Gasteiger partial charge in [-0.2, -0.15) is 0 Å². The molecular formula is C67H68N14O11S6. The Hall–Kier alpha value is -8.66. The number of likely N-dealkylation sites (tertiary alicyclic amines) is 1. The summed E-state index contributed by atoms with van der Waals surface area (Å²) in [4.78, 5) is 136. The van der Waals surface area contributed by atoms with Gasteiger partial charge in [-0.3, -0.25) is 38.5 Å². The number of benzene rings is 2. The summed E-state index contributed by atoms with van der Waals surface area (Å²) < 4.78 is 6.16. The van der Waals surface area contributed by atoms with Crippen molar-refractivity contribution in [2.75, 3.05) is 32.8 Å². The third-order valence-corrected chi connectivity index (χ3v) is 23.5. The van der Waals surface area contributed by atoms with E-state index >= 15 is 4.79 Å². The van der Waals surface area contributed by atoms with Crippen molar-refractivity contribution in [2.24, 2.45) is 17.6 Å². The Labute approximate surface area is 586 Å². The minimum atomic E-state index is -1.41. The van der Waals surface area contributed by atoms with Gasteiger partial charge in [0.1, 0.15) is 100 Å². The number of thiazole rings is 6. The minimum absolute atomic E-state index is 0.0234. The Morgan fingerprint density at radius 3 is 2.10 bits per heavy atom. The number of aliphatic carboxylic acids is 1. The molecular weight excluding hydrogens is 1370 g/mol. The number of carboxylic acid groups (broad SMARTS) is 1. The topological polar surface area (TPSA) is 360 Å². The van der Waals surface area contributed by atoms with Gasteiger partial charge in [0.2, 0.25) is 11.8 Å². The molecule has 2 aromatic carbocycles. The van der Waals surface area contributed by atoms with Crippen LogP contribution in [0.4, 0.5) is 0 Å². The number of piperidine rings is 1. The number of aryl methyl sites for hydroxylation is 1. The Kier molecular flexibility index (Phi) is 20.7. The van der Waals surface area contributed by atoms with Crippen LogP contribution in [0.3, 0.4) is 0 Å². The van der Waals surface area contributed by atoms with E-state index in [0.717, 1.165) is 53.6 Å². The number of aliphatic hydroxyl groups excluding tert-OH is 2. The molecule has 0 radical (unpaired) electrons. The van der Waals surface area contributed by atoms with Crippen LogP contribution in [0.15, 0.2) is 93.6 Å². The fraction of sp³-hybridized carbons (Fsp3) is 0.373. The fourth-order valence-corrected chi connectivity index (χ4v) is 17.9. The number of nitrogens with two attached hydrogens (primary N) is 1. The number of aromatic nitrogens is 7. The van der Waals surface area contributed by atoms with Gasteiger partial charge in [-0.05, 0) is 93.9 Å². The van der Waals surface area contributed by atoms with E-state index < -0.39 is 96.0 Å². The third-order valence-electron chi connectivity index (χ3n) is 18.0. The number of pyridine rings is 1. The zero-order valence-corrected chi connectivity index (χ0v) is 57.9. The molecule has 25 nitrogen and oxygen atoms in total. The number of aliphatic hydroxyl groups is 2. The number of nitrogens with zero attached hydrogens (tertiary/aromatic N) is 9. The van der Waals surface area contributed by atoms with Crippen LogP contribution in [0.5, 0.6) is 5.75 Å². The highest BCUT2D eigenvalue weighted by molar-refractivity contribution is 7.15. The van der Waals surface area contributed by atoms with E-state index in [0.29, 0.717) is 102 Å². The van der Waals surface area contributed by atoms with Crippen molar-refractivity contribution in [1.82, 2.24) is 66.0 Å². The van der Waals surface area contributed by atoms with Crippen LogP contribution in [0.1, 0.15) is 156 Å². The van der Waals surface area contributed by atoms with Crippen LogP contribution < -0.4 is 31.7 Å². The summed E-state index contributed by atoms with van der Waals surface area (Å²) in [5, 5.41) is 55.5. The van der Waals surface area contributed by atoms with Gasteiger partial charge in [-0.15, -0.1) is 68.0 Å². The van der Waals surface area contributed by atoms with Crippen molar-refractivity contribution in [3.05, 3.63) is 147 Å². The van der Waals surface area contributed by atoms with Crippen LogP contribution in [0, 0.1) is 18.8 Å². The number of amides is 6. The van der Waals surface area contributed by atoms with E-state index in [9.17, 15) is 44.1 Å². The number of ether oxygens (including phenoxy) is 1. The van der Waals surface area contributed by atoms with Crippen molar-refractivity contribution < 1.29 is 53.6 Å². The first-order valence-corrected chi connectivity index (χ1v) is 37.3. The normalized spacial score (nSPS) is 22.1. The lowest BCUT2D eigenvalue weighted by Gasteiger charge is -2.29. The standard InChI is InChI=1S/C67H68N14O11S6/c1-33-49(82)27-81-54(33)65-77-48(32-97-65)62-73-44(28-94-62)52-40(19-20-41(70-52)61-75-45(30-95-61)56(85)69-38-15-13-37(14-16-38)67(90)91)60-74-46(29-93-60)57(86)71-42(26-50(68)83)63-79-51(34(2)98-63)59(88)78-53(55(84)36-9-5-3-6-10-36)64-76-47(31-96-64)58(87)72-43(66(81)89)25-35-11-17-39(18-12-35)92-24-23-80-21-7-4-8-22-80/h3,5-6,9-12,17-20,28-33,37-38,42-43,49,53-55,82,84H,4,7-8,13-16,21-27H2,1-2H3,(H2,68,83)(H,69,85)(H,71,86)(H,72,87)(H,78,88)(H,90,91)/t33-,37-,38-,42-,43-,49-,53-,54-,55+/m0/s1. The highest BCUT2D eigenvalue weighted by atomic mass is 32.1. The second-order valence-corrected chi connectivity index (χ2v) is 30.2. The van der Waals surface area contributed by atoms with E-state index in [2.05, 4.69) is 31.2 Å². The molecule has 1 saturated carbocycles. The second kappa shape index (κ2) is 29.8. The molecule has 4 aliphatic rings. The predicted molar refractivity (Wildman–Crippen MR) is 371 cm³/mol. The van der Waals surface area contributed by atoms with E-state index in [1.165, 1.54) is 58.7 Å². The molecule has 3 fully saturated rings. The summed E-state index contributed by atoms with van der Waals surface area (Å²) in [6.45, 7) is 6.80. The van der Waals surface area contributed by atoms with Gasteiger partial charge in [0.15, 0.2) is 0 Å². The summed E-state index contributed by atoms with van der Waals surface area (Å²) in [6, 6.07) is 14.9. The first kappa shape index (κ1) is 67.9. The molecule has 0 spiro atoms. The lowest BCUT2D eigenvalue weighted by Crippen LogP contribution is -2.50. The molecule has 9 aromatic rings. The van der Waals surface area contributed by atoms with Gasteiger partial charge >= 0.3 is 5.97 Å². The van der Waals surface area contributed by atoms with Gasteiger partial charge < -0.3 is 52.0 Å². The van der Waals surface area contributed by atoms with Crippen LogP contribution in [0.2, 0.25) is 0 Å². The molecule has 98 heavy (non-hydrogen) atoms. The number of rotatable bonds is 14. The van der Waals surface area contributed by atoms with Gasteiger partial charge in [0, 0.05) is 68.8 Å². The van der Waals surface area contributed by atoms with Crippen LogP contribution in [-0.4, -0.2) is 152 Å². The van der Waals surface area contributed by atoms with Crippen molar-refractivity contribution >= 4 is 109 Å². The van der Waals surface area contributed by atoms with Crippen LogP contribution >= 0.6 is 68.0 Å². The molecule has 1 aliphatic carbocycles. The van der Waals surface area contributed by atoms with Crippen molar-refractivity contribution in [3.8, 4) is 49.1 Å². The first-order chi connectivity index (χ1) is 47.4. The molecule has 6 amide bonds. The van der Waals surface area contributed by atoms with Crippen molar-refractivity contribution in [3.63, 3.8) is 0 Å². The number of carbonyl (C=O) groups is 7.